The van der Waals surface area contributed by atoms with E-state index in [1.54, 1.807) is 6.07 Å². The van der Waals surface area contributed by atoms with E-state index in [1.165, 1.54) is 6.42 Å². The van der Waals surface area contributed by atoms with Gasteiger partial charge in [-0.05, 0) is 50.2 Å². The minimum Gasteiger partial charge on any atom is -0.341 e. The SMILES string of the molecule is CC1(C(=O)N2C[C@@H]3C[C@H](C2)c2ccc(C(=O)N4CCCCCCC4)c(=O)n2C3)CC1. The Hall–Kier alpha value is -2.11. The molecule has 2 atom stereocenters. The van der Waals surface area contributed by atoms with Gasteiger partial charge >= 0.3 is 0 Å². The zero-order valence-electron chi connectivity index (χ0n) is 18.1. The van der Waals surface area contributed by atoms with Crippen molar-refractivity contribution < 1.29 is 9.59 Å². The number of likely N-dealkylation sites (tertiary alicyclic amines) is 2. The summed E-state index contributed by atoms with van der Waals surface area (Å²) in [5.74, 6) is 0.679. The quantitative estimate of drug-likeness (QED) is 0.752. The zero-order chi connectivity index (χ0) is 20.9. The van der Waals surface area contributed by atoms with Crippen LogP contribution in [0.15, 0.2) is 16.9 Å². The van der Waals surface area contributed by atoms with Gasteiger partial charge in [-0.15, -0.1) is 0 Å². The first-order valence-corrected chi connectivity index (χ1v) is 11.8. The second-order valence-corrected chi connectivity index (χ2v) is 10.2. The maximum Gasteiger partial charge on any atom is 0.263 e. The van der Waals surface area contributed by atoms with Crippen LogP contribution in [-0.4, -0.2) is 52.4 Å². The van der Waals surface area contributed by atoms with Gasteiger partial charge in [-0.1, -0.05) is 26.2 Å². The van der Waals surface area contributed by atoms with Crippen molar-refractivity contribution in [2.24, 2.45) is 11.3 Å². The van der Waals surface area contributed by atoms with E-state index >= 15 is 0 Å². The fraction of sp³-hybridized carbons (Fsp3) is 0.708. The molecular formula is C24H33N3O3. The summed E-state index contributed by atoms with van der Waals surface area (Å²) in [6.45, 7) is 5.63. The molecule has 4 heterocycles. The molecule has 3 fully saturated rings. The molecule has 5 rings (SSSR count). The number of rotatable bonds is 2. The van der Waals surface area contributed by atoms with Crippen LogP contribution in [0.25, 0.3) is 0 Å². The molecule has 6 nitrogen and oxygen atoms in total. The lowest BCUT2D eigenvalue weighted by atomic mass is 9.82. The van der Waals surface area contributed by atoms with Crippen molar-refractivity contribution in [2.45, 2.75) is 70.8 Å². The fourth-order valence-electron chi connectivity index (χ4n) is 5.68. The minimum absolute atomic E-state index is 0.105. The van der Waals surface area contributed by atoms with E-state index in [0.717, 1.165) is 70.3 Å². The Morgan fingerprint density at radius 2 is 1.63 bits per heavy atom. The minimum atomic E-state index is -0.145. The molecule has 4 aliphatic rings. The van der Waals surface area contributed by atoms with E-state index in [-0.39, 0.29) is 28.7 Å². The number of carbonyl (C=O) groups excluding carboxylic acids is 2. The molecule has 30 heavy (non-hydrogen) atoms. The van der Waals surface area contributed by atoms with Crippen LogP contribution in [0.2, 0.25) is 0 Å². The fourth-order valence-corrected chi connectivity index (χ4v) is 5.68. The number of piperidine rings is 1. The first-order valence-electron chi connectivity index (χ1n) is 11.8. The molecule has 2 amide bonds. The number of hydrogen-bond acceptors (Lipinski definition) is 3. The molecule has 1 aliphatic carbocycles. The molecule has 6 heteroatoms. The van der Waals surface area contributed by atoms with Crippen LogP contribution in [0.1, 0.15) is 80.3 Å². The van der Waals surface area contributed by atoms with Crippen molar-refractivity contribution in [3.63, 3.8) is 0 Å². The lowest BCUT2D eigenvalue weighted by Gasteiger charge is -2.43. The van der Waals surface area contributed by atoms with Gasteiger partial charge < -0.3 is 14.4 Å². The summed E-state index contributed by atoms with van der Waals surface area (Å²) in [5.41, 5.74) is 1.04. The molecule has 2 bridgehead atoms. The van der Waals surface area contributed by atoms with Crippen molar-refractivity contribution in [3.05, 3.63) is 33.7 Å². The highest BCUT2D eigenvalue weighted by Crippen LogP contribution is 2.48. The van der Waals surface area contributed by atoms with Gasteiger partial charge in [0.15, 0.2) is 0 Å². The summed E-state index contributed by atoms with van der Waals surface area (Å²) < 4.78 is 1.84. The number of amides is 2. The number of pyridine rings is 1. The summed E-state index contributed by atoms with van der Waals surface area (Å²) in [6, 6.07) is 3.73. The van der Waals surface area contributed by atoms with Gasteiger partial charge in [-0.3, -0.25) is 14.4 Å². The van der Waals surface area contributed by atoms with Gasteiger partial charge in [-0.2, -0.15) is 0 Å². The Kier molecular flexibility index (Phi) is 4.98. The van der Waals surface area contributed by atoms with E-state index in [0.29, 0.717) is 24.6 Å². The van der Waals surface area contributed by atoms with Crippen LogP contribution >= 0.6 is 0 Å². The van der Waals surface area contributed by atoms with Crippen molar-refractivity contribution in [1.82, 2.24) is 14.4 Å². The first kappa shape index (κ1) is 19.8. The Morgan fingerprint density at radius 3 is 2.33 bits per heavy atom. The first-order chi connectivity index (χ1) is 14.5. The predicted molar refractivity (Wildman–Crippen MR) is 114 cm³/mol. The summed E-state index contributed by atoms with van der Waals surface area (Å²) in [5, 5.41) is 0. The van der Waals surface area contributed by atoms with Crippen LogP contribution < -0.4 is 5.56 Å². The molecule has 0 unspecified atom stereocenters. The third kappa shape index (κ3) is 3.48. The standard InChI is InChI=1S/C24H33N3O3/c1-24(9-10-24)23(30)26-14-17-13-18(16-26)20-8-7-19(22(29)27(20)15-17)21(28)25-11-5-3-2-4-6-12-25/h7-8,17-18H,2-6,9-16H2,1H3/t17-,18+/m0/s1. The zero-order valence-corrected chi connectivity index (χ0v) is 18.1. The van der Waals surface area contributed by atoms with Crippen molar-refractivity contribution >= 4 is 11.8 Å². The largest absolute Gasteiger partial charge is 0.341 e. The Morgan fingerprint density at radius 1 is 0.933 bits per heavy atom. The maximum atomic E-state index is 13.3. The lowest BCUT2D eigenvalue weighted by molar-refractivity contribution is -0.139. The molecule has 1 aromatic rings. The molecule has 3 aliphatic heterocycles. The molecule has 1 saturated carbocycles. The second kappa shape index (κ2) is 7.54. The third-order valence-corrected chi connectivity index (χ3v) is 7.78. The van der Waals surface area contributed by atoms with Crippen LogP contribution in [0, 0.1) is 11.3 Å². The summed E-state index contributed by atoms with van der Waals surface area (Å²) >= 11 is 0. The lowest BCUT2D eigenvalue weighted by Crippen LogP contribution is -2.51. The Balaban J connectivity index is 1.38. The van der Waals surface area contributed by atoms with E-state index in [2.05, 4.69) is 6.92 Å². The average Bonchev–Trinajstić information content (AvgIpc) is 3.46. The molecule has 0 aromatic carbocycles. The molecule has 2 saturated heterocycles. The number of carbonyl (C=O) groups is 2. The van der Waals surface area contributed by atoms with Crippen LogP contribution in [0.3, 0.4) is 0 Å². The Labute approximate surface area is 178 Å². The second-order valence-electron chi connectivity index (χ2n) is 10.2. The molecular weight excluding hydrogens is 378 g/mol. The molecule has 0 N–H and O–H groups in total. The molecule has 0 spiro atoms. The Bertz CT molecular complexity index is 909. The molecule has 162 valence electrons. The highest BCUT2D eigenvalue weighted by atomic mass is 16.2. The van der Waals surface area contributed by atoms with Crippen LogP contribution in [0.4, 0.5) is 0 Å². The van der Waals surface area contributed by atoms with Gasteiger partial charge in [0.1, 0.15) is 5.56 Å². The van der Waals surface area contributed by atoms with E-state index in [1.807, 2.05) is 20.4 Å². The van der Waals surface area contributed by atoms with Gasteiger partial charge in [0.25, 0.3) is 11.5 Å². The van der Waals surface area contributed by atoms with Gasteiger partial charge in [0.2, 0.25) is 5.91 Å². The van der Waals surface area contributed by atoms with Crippen molar-refractivity contribution in [3.8, 4) is 0 Å². The van der Waals surface area contributed by atoms with E-state index in [9.17, 15) is 14.4 Å². The van der Waals surface area contributed by atoms with E-state index in [4.69, 9.17) is 0 Å². The van der Waals surface area contributed by atoms with Gasteiger partial charge in [0.05, 0.1) is 0 Å². The molecule has 0 radical (unpaired) electrons. The van der Waals surface area contributed by atoms with Crippen LogP contribution in [-0.2, 0) is 11.3 Å². The molecule has 1 aromatic heterocycles. The topological polar surface area (TPSA) is 62.6 Å². The normalized spacial score (nSPS) is 27.6. The summed E-state index contributed by atoms with van der Waals surface area (Å²) in [6.07, 6.45) is 8.61. The number of fused-ring (bicyclic) bond motifs is 4. The predicted octanol–water partition coefficient (Wildman–Crippen LogP) is 3.00. The highest BCUT2D eigenvalue weighted by Gasteiger charge is 2.49. The highest BCUT2D eigenvalue weighted by molar-refractivity contribution is 5.94. The van der Waals surface area contributed by atoms with Crippen LogP contribution in [0.5, 0.6) is 0 Å². The van der Waals surface area contributed by atoms with Gasteiger partial charge in [-0.25, -0.2) is 0 Å². The summed E-state index contributed by atoms with van der Waals surface area (Å²) in [7, 11) is 0. The number of aromatic nitrogens is 1. The average molecular weight is 412 g/mol. The van der Waals surface area contributed by atoms with E-state index < -0.39 is 0 Å². The number of hydrogen-bond donors (Lipinski definition) is 0. The van der Waals surface area contributed by atoms with Crippen molar-refractivity contribution in [1.29, 1.82) is 0 Å². The smallest absolute Gasteiger partial charge is 0.263 e. The van der Waals surface area contributed by atoms with Gasteiger partial charge in [0, 0.05) is 49.8 Å². The maximum absolute atomic E-state index is 13.3. The summed E-state index contributed by atoms with van der Waals surface area (Å²) in [4.78, 5) is 43.2. The van der Waals surface area contributed by atoms with Crippen molar-refractivity contribution in [2.75, 3.05) is 26.2 Å². The number of nitrogens with zero attached hydrogens (tertiary/aromatic N) is 3. The third-order valence-electron chi connectivity index (χ3n) is 7.78. The monoisotopic (exact) mass is 411 g/mol.